The van der Waals surface area contributed by atoms with Crippen LogP contribution in [0, 0.1) is 6.92 Å². The van der Waals surface area contributed by atoms with Crippen molar-refractivity contribution in [3.8, 4) is 0 Å². The van der Waals surface area contributed by atoms with E-state index in [1.165, 1.54) is 18.3 Å². The smallest absolute Gasteiger partial charge is 0.255 e. The van der Waals surface area contributed by atoms with E-state index in [1.807, 2.05) is 13.0 Å². The number of carbonyl (C=O) groups excluding carboxylic acids is 1. The van der Waals surface area contributed by atoms with Crippen LogP contribution < -0.4 is 16.6 Å². The summed E-state index contributed by atoms with van der Waals surface area (Å²) >= 11 is 0. The van der Waals surface area contributed by atoms with Crippen LogP contribution in [0.25, 0.3) is 0 Å². The van der Waals surface area contributed by atoms with E-state index in [1.54, 1.807) is 12.1 Å². The molecule has 2 rings (SSSR count). The van der Waals surface area contributed by atoms with E-state index in [2.05, 4.69) is 10.3 Å². The molecule has 1 amide bonds. The van der Waals surface area contributed by atoms with Gasteiger partial charge < -0.3 is 16.0 Å². The Morgan fingerprint density at radius 2 is 2.06 bits per heavy atom. The molecule has 5 nitrogen and oxygen atoms in total. The summed E-state index contributed by atoms with van der Waals surface area (Å²) in [6.07, 6.45) is 1.43. The Morgan fingerprint density at radius 1 is 1.28 bits per heavy atom. The van der Waals surface area contributed by atoms with E-state index in [0.717, 1.165) is 5.56 Å². The van der Waals surface area contributed by atoms with Crippen LogP contribution in [0.4, 0.5) is 11.4 Å². The summed E-state index contributed by atoms with van der Waals surface area (Å²) in [5.41, 5.74) is 7.75. The molecule has 0 radical (unpaired) electrons. The molecule has 0 bridgehead atoms. The molecule has 4 N–H and O–H groups in total. The molecule has 5 heteroatoms. The largest absolute Gasteiger partial charge is 0.397 e. The zero-order valence-corrected chi connectivity index (χ0v) is 9.86. The number of H-pyrrole nitrogens is 1. The van der Waals surface area contributed by atoms with Gasteiger partial charge in [-0.2, -0.15) is 0 Å². The molecule has 0 aliphatic carbocycles. The molecule has 0 atom stereocenters. The van der Waals surface area contributed by atoms with Crippen LogP contribution in [0.3, 0.4) is 0 Å². The summed E-state index contributed by atoms with van der Waals surface area (Å²) in [5.74, 6) is -0.363. The van der Waals surface area contributed by atoms with Crippen molar-refractivity contribution >= 4 is 17.3 Å². The summed E-state index contributed by atoms with van der Waals surface area (Å²) in [7, 11) is 0. The third kappa shape index (κ3) is 2.57. The van der Waals surface area contributed by atoms with E-state index in [9.17, 15) is 9.59 Å². The number of aromatic amines is 1. The fourth-order valence-electron chi connectivity index (χ4n) is 1.56. The van der Waals surface area contributed by atoms with Crippen molar-refractivity contribution in [1.82, 2.24) is 4.98 Å². The first kappa shape index (κ1) is 11.9. The number of anilines is 2. The van der Waals surface area contributed by atoms with Gasteiger partial charge in [-0.25, -0.2) is 0 Å². The van der Waals surface area contributed by atoms with Crippen molar-refractivity contribution in [2.45, 2.75) is 6.92 Å². The summed E-state index contributed by atoms with van der Waals surface area (Å²) < 4.78 is 0. The van der Waals surface area contributed by atoms with Crippen LogP contribution in [0.2, 0.25) is 0 Å². The van der Waals surface area contributed by atoms with Gasteiger partial charge in [-0.15, -0.1) is 0 Å². The van der Waals surface area contributed by atoms with Crippen LogP contribution >= 0.6 is 0 Å². The van der Waals surface area contributed by atoms with Crippen molar-refractivity contribution in [1.29, 1.82) is 0 Å². The van der Waals surface area contributed by atoms with Gasteiger partial charge in [-0.05, 0) is 30.7 Å². The maximum atomic E-state index is 11.9. The van der Waals surface area contributed by atoms with Gasteiger partial charge >= 0.3 is 0 Å². The van der Waals surface area contributed by atoms with Crippen molar-refractivity contribution in [3.05, 3.63) is 58.0 Å². The molecule has 0 saturated carbocycles. The third-order valence-corrected chi connectivity index (χ3v) is 2.49. The number of amides is 1. The van der Waals surface area contributed by atoms with Crippen molar-refractivity contribution in [2.24, 2.45) is 0 Å². The Bertz CT molecular complexity index is 647. The van der Waals surface area contributed by atoms with Crippen molar-refractivity contribution < 1.29 is 4.79 Å². The normalized spacial score (nSPS) is 10.1. The average Bonchev–Trinajstić information content (AvgIpc) is 2.34. The van der Waals surface area contributed by atoms with Gasteiger partial charge in [0.1, 0.15) is 0 Å². The predicted octanol–water partition coefficient (Wildman–Crippen LogP) is 1.52. The number of rotatable bonds is 2. The quantitative estimate of drug-likeness (QED) is 0.699. The molecular formula is C13H13N3O2. The van der Waals surface area contributed by atoms with E-state index >= 15 is 0 Å². The first-order valence-electron chi connectivity index (χ1n) is 5.42. The number of nitrogens with two attached hydrogens (primary N) is 1. The van der Waals surface area contributed by atoms with Crippen LogP contribution in [0.5, 0.6) is 0 Å². The SMILES string of the molecule is Cc1ccc(N)c(NC(=O)c2cc[nH]c(=O)c2)c1. The first-order chi connectivity index (χ1) is 8.56. The number of aromatic nitrogens is 1. The minimum Gasteiger partial charge on any atom is -0.397 e. The Balaban J connectivity index is 2.26. The second-order valence-electron chi connectivity index (χ2n) is 3.99. The molecule has 18 heavy (non-hydrogen) atoms. The highest BCUT2D eigenvalue weighted by molar-refractivity contribution is 6.05. The summed E-state index contributed by atoms with van der Waals surface area (Å²) in [4.78, 5) is 25.5. The molecule has 0 aliphatic heterocycles. The Hall–Kier alpha value is -2.56. The maximum absolute atomic E-state index is 11.9. The van der Waals surface area contributed by atoms with E-state index < -0.39 is 0 Å². The average molecular weight is 243 g/mol. The minimum atomic E-state index is -0.363. The number of nitrogens with one attached hydrogen (secondary N) is 2. The first-order valence-corrected chi connectivity index (χ1v) is 5.42. The Morgan fingerprint density at radius 3 is 2.78 bits per heavy atom. The molecule has 0 aliphatic rings. The number of hydrogen-bond acceptors (Lipinski definition) is 3. The number of pyridine rings is 1. The van der Waals surface area contributed by atoms with Crippen LogP contribution in [-0.2, 0) is 0 Å². The van der Waals surface area contributed by atoms with Gasteiger partial charge in [0.2, 0.25) is 5.56 Å². The number of benzene rings is 1. The van der Waals surface area contributed by atoms with Gasteiger partial charge in [0.25, 0.3) is 5.91 Å². The summed E-state index contributed by atoms with van der Waals surface area (Å²) in [6.45, 7) is 1.91. The maximum Gasteiger partial charge on any atom is 0.255 e. The zero-order valence-electron chi connectivity index (χ0n) is 9.86. The van der Waals surface area contributed by atoms with Gasteiger partial charge in [0.05, 0.1) is 11.4 Å². The van der Waals surface area contributed by atoms with Crippen LogP contribution in [0.1, 0.15) is 15.9 Å². The predicted molar refractivity (Wildman–Crippen MR) is 70.6 cm³/mol. The van der Waals surface area contributed by atoms with Crippen molar-refractivity contribution in [3.63, 3.8) is 0 Å². The highest BCUT2D eigenvalue weighted by Crippen LogP contribution is 2.20. The van der Waals surface area contributed by atoms with Crippen LogP contribution in [-0.4, -0.2) is 10.9 Å². The molecule has 1 aromatic carbocycles. The molecule has 1 aromatic heterocycles. The molecule has 0 spiro atoms. The molecule has 92 valence electrons. The van der Waals surface area contributed by atoms with E-state index in [4.69, 9.17) is 5.73 Å². The topological polar surface area (TPSA) is 88.0 Å². The monoisotopic (exact) mass is 243 g/mol. The standard InChI is InChI=1S/C13H13N3O2/c1-8-2-3-10(14)11(6-8)16-13(18)9-4-5-15-12(17)7-9/h2-7H,14H2,1H3,(H,15,17)(H,16,18). The summed E-state index contributed by atoms with van der Waals surface area (Å²) in [5, 5.41) is 2.68. The van der Waals surface area contributed by atoms with Gasteiger partial charge in [0.15, 0.2) is 0 Å². The van der Waals surface area contributed by atoms with E-state index in [0.29, 0.717) is 16.9 Å². The van der Waals surface area contributed by atoms with Crippen LogP contribution in [0.15, 0.2) is 41.3 Å². The molecule has 0 saturated heterocycles. The second-order valence-corrected chi connectivity index (χ2v) is 3.99. The zero-order chi connectivity index (χ0) is 13.1. The van der Waals surface area contributed by atoms with Gasteiger partial charge in [-0.1, -0.05) is 6.07 Å². The lowest BCUT2D eigenvalue weighted by Crippen LogP contribution is -2.16. The number of aryl methyl sites for hydroxylation is 1. The molecular weight excluding hydrogens is 230 g/mol. The highest BCUT2D eigenvalue weighted by atomic mass is 16.2. The second kappa shape index (κ2) is 4.75. The van der Waals surface area contributed by atoms with Gasteiger partial charge in [0, 0.05) is 17.8 Å². The molecule has 0 unspecified atom stereocenters. The number of carbonyl (C=O) groups is 1. The minimum absolute atomic E-state index is 0.291. The molecule has 2 aromatic rings. The fourth-order valence-corrected chi connectivity index (χ4v) is 1.56. The lowest BCUT2D eigenvalue weighted by molar-refractivity contribution is 0.102. The summed E-state index contributed by atoms with van der Waals surface area (Å²) in [6, 6.07) is 8.13. The van der Waals surface area contributed by atoms with E-state index in [-0.39, 0.29) is 11.5 Å². The van der Waals surface area contributed by atoms with Crippen molar-refractivity contribution in [2.75, 3.05) is 11.1 Å². The Kier molecular flexibility index (Phi) is 3.14. The highest BCUT2D eigenvalue weighted by Gasteiger charge is 2.08. The lowest BCUT2D eigenvalue weighted by Gasteiger charge is -2.08. The number of hydrogen-bond donors (Lipinski definition) is 3. The molecule has 0 fully saturated rings. The lowest BCUT2D eigenvalue weighted by atomic mass is 10.2. The number of nitrogen functional groups attached to an aromatic ring is 1. The molecule has 1 heterocycles. The van der Waals surface area contributed by atoms with Gasteiger partial charge in [-0.3, -0.25) is 9.59 Å². The Labute approximate surface area is 104 Å². The fraction of sp³-hybridized carbons (Fsp3) is 0.0769. The third-order valence-electron chi connectivity index (χ3n) is 2.49.